The Morgan fingerprint density at radius 3 is 2.50 bits per heavy atom. The molecule has 6 nitrogen and oxygen atoms in total. The number of hydroxylamine groups is 2. The summed E-state index contributed by atoms with van der Waals surface area (Å²) in [5.41, 5.74) is -0.128. The highest BCUT2D eigenvalue weighted by Crippen LogP contribution is 2.57. The van der Waals surface area contributed by atoms with Crippen molar-refractivity contribution in [3.8, 4) is 0 Å². The molecule has 1 heterocycles. The summed E-state index contributed by atoms with van der Waals surface area (Å²) in [6.07, 6.45) is 6.54. The second-order valence-electron chi connectivity index (χ2n) is 10.2. The lowest BCUT2D eigenvalue weighted by Gasteiger charge is -2.39. The van der Waals surface area contributed by atoms with Crippen molar-refractivity contribution in [1.82, 2.24) is 9.02 Å². The number of carbonyl (C=O) groups excluding carboxylic acids is 2. The van der Waals surface area contributed by atoms with Crippen LogP contribution in [-0.2, 0) is 26.4 Å². The molecule has 170 valence electrons. The number of aryl methyl sites for hydroxylation is 1. The average Bonchev–Trinajstić information content (AvgIpc) is 3.17. The molecule has 2 atom stereocenters. The van der Waals surface area contributed by atoms with Crippen molar-refractivity contribution in [2.45, 2.75) is 86.1 Å². The molecule has 0 bridgehead atoms. The minimum absolute atomic E-state index is 0.0543. The van der Waals surface area contributed by atoms with E-state index >= 15 is 0 Å². The Labute approximate surface area is 185 Å². The van der Waals surface area contributed by atoms with E-state index in [1.54, 1.807) is 18.6 Å². The van der Waals surface area contributed by atoms with Gasteiger partial charge in [0.15, 0.2) is 0 Å². The van der Waals surface area contributed by atoms with Crippen LogP contribution in [0.4, 0.5) is 0 Å². The zero-order chi connectivity index (χ0) is 22.9. The number of hydrogen-bond acceptors (Lipinski definition) is 4. The molecule has 0 spiro atoms. The third kappa shape index (κ3) is 4.57. The lowest BCUT2D eigenvalue weighted by molar-refractivity contribution is -0.177. The smallest absolute Gasteiger partial charge is 0.253 e. The van der Waals surface area contributed by atoms with Crippen molar-refractivity contribution in [2.24, 2.45) is 21.7 Å². The summed E-state index contributed by atoms with van der Waals surface area (Å²) in [6, 6.07) is 0. The predicted octanol–water partition coefficient (Wildman–Crippen LogP) is 4.54. The molecule has 7 heteroatoms. The van der Waals surface area contributed by atoms with Crippen LogP contribution in [0.1, 0.15) is 79.7 Å². The van der Waals surface area contributed by atoms with Gasteiger partial charge in [0.2, 0.25) is 5.91 Å². The van der Waals surface area contributed by atoms with Gasteiger partial charge in [-0.2, -0.15) is 0 Å². The molecule has 1 aliphatic carbocycles. The van der Waals surface area contributed by atoms with Crippen LogP contribution < -0.4 is 4.67 Å². The molecule has 0 aliphatic heterocycles. The summed E-state index contributed by atoms with van der Waals surface area (Å²) < 4.78 is 3.00. The van der Waals surface area contributed by atoms with Gasteiger partial charge in [-0.15, -0.1) is 0 Å². The maximum Gasteiger partial charge on any atom is 0.253 e. The Morgan fingerprint density at radius 2 is 1.97 bits per heavy atom. The largest absolute Gasteiger partial charge is 0.298 e. The first-order chi connectivity index (χ1) is 13.8. The Hall–Kier alpha value is -1.47. The van der Waals surface area contributed by atoms with Gasteiger partial charge in [-0.25, -0.2) is 10.1 Å². The highest BCUT2D eigenvalue weighted by molar-refractivity contribution is 7.04. The van der Waals surface area contributed by atoms with Crippen molar-refractivity contribution in [3.63, 3.8) is 0 Å². The third-order valence-corrected chi connectivity index (χ3v) is 8.35. The van der Waals surface area contributed by atoms with Crippen molar-refractivity contribution in [2.75, 3.05) is 14.2 Å². The van der Waals surface area contributed by atoms with Crippen LogP contribution in [0.25, 0.3) is 0 Å². The van der Waals surface area contributed by atoms with E-state index in [0.29, 0.717) is 12.8 Å². The number of rotatable bonds is 6. The van der Waals surface area contributed by atoms with Gasteiger partial charge in [0, 0.05) is 30.3 Å². The van der Waals surface area contributed by atoms with Crippen molar-refractivity contribution < 1.29 is 14.4 Å². The molecule has 0 N–H and O–H groups in total. The first kappa shape index (κ1) is 24.8. The topological polar surface area (TPSA) is 63.9 Å². The fourth-order valence-electron chi connectivity index (χ4n) is 4.18. The Balaban J connectivity index is 2.44. The quantitative estimate of drug-likeness (QED) is 0.614. The summed E-state index contributed by atoms with van der Waals surface area (Å²) in [5, 5.41) is 1.27. The van der Waals surface area contributed by atoms with E-state index < -0.39 is 10.8 Å². The Morgan fingerprint density at radius 1 is 1.33 bits per heavy atom. The fraction of sp³-hybridized carbons (Fsp3) is 0.783. The molecular weight excluding hydrogens is 398 g/mol. The molecule has 1 fully saturated rings. The van der Waals surface area contributed by atoms with Gasteiger partial charge in [0.25, 0.3) is 5.91 Å². The number of aromatic nitrogens is 1. The molecule has 0 saturated heterocycles. The number of amides is 2. The molecule has 30 heavy (non-hydrogen) atoms. The minimum atomic E-state index is -0.694. The van der Waals surface area contributed by atoms with Crippen LogP contribution in [0.2, 0.25) is 0 Å². The highest BCUT2D eigenvalue weighted by Gasteiger charge is 2.58. The second kappa shape index (κ2) is 8.95. The van der Waals surface area contributed by atoms with Gasteiger partial charge in [-0.1, -0.05) is 34.1 Å². The van der Waals surface area contributed by atoms with Crippen LogP contribution in [0.5, 0.6) is 0 Å². The summed E-state index contributed by atoms with van der Waals surface area (Å²) in [4.78, 5) is 36.1. The molecule has 0 aromatic carbocycles. The monoisotopic (exact) mass is 437 g/mol. The minimum Gasteiger partial charge on any atom is -0.298 e. The lowest BCUT2D eigenvalue weighted by Crippen LogP contribution is -2.45. The van der Waals surface area contributed by atoms with Crippen LogP contribution >= 0.6 is 11.5 Å². The highest BCUT2D eigenvalue weighted by atomic mass is 32.1. The first-order valence-corrected chi connectivity index (χ1v) is 11.7. The molecule has 1 saturated carbocycles. The van der Waals surface area contributed by atoms with E-state index in [-0.39, 0.29) is 23.3 Å². The SMILES string of the molecule is CCCCc1cn(C(C)(C)C)sc1=NC(=O)C1(C)CCC(C(=O)N(C)OC)C1(C)C. The standard InChI is InChI=1S/C23H39N3O3S/c1-10-11-12-16-15-26(21(2,3)4)30-18(16)24-20(28)23(7)14-13-17(22(23,5)6)19(27)25(8)29-9/h15,17H,10-14H2,1-9H3. The summed E-state index contributed by atoms with van der Waals surface area (Å²) in [7, 11) is 3.11. The number of nitrogens with zero attached hydrogens (tertiary/aromatic N) is 3. The van der Waals surface area contributed by atoms with Crippen molar-refractivity contribution in [1.29, 1.82) is 0 Å². The Bertz CT molecular complexity index is 847. The van der Waals surface area contributed by atoms with Crippen LogP contribution in [-0.4, -0.2) is 35.0 Å². The predicted molar refractivity (Wildman–Crippen MR) is 121 cm³/mol. The van der Waals surface area contributed by atoms with Crippen LogP contribution in [0, 0.1) is 16.7 Å². The van der Waals surface area contributed by atoms with Gasteiger partial charge in [0.05, 0.1) is 12.5 Å². The summed E-state index contributed by atoms with van der Waals surface area (Å²) in [6.45, 7) is 14.6. The van der Waals surface area contributed by atoms with E-state index in [4.69, 9.17) is 4.84 Å². The van der Waals surface area contributed by atoms with Gasteiger partial charge in [0.1, 0.15) is 4.67 Å². The van der Waals surface area contributed by atoms with Crippen molar-refractivity contribution >= 4 is 23.3 Å². The molecule has 1 aromatic rings. The zero-order valence-corrected chi connectivity index (χ0v) is 21.0. The Kier molecular flexibility index (Phi) is 7.40. The zero-order valence-electron chi connectivity index (χ0n) is 20.2. The van der Waals surface area contributed by atoms with E-state index in [2.05, 4.69) is 42.8 Å². The summed E-state index contributed by atoms with van der Waals surface area (Å²) >= 11 is 1.55. The normalized spacial score (nSPS) is 24.3. The van der Waals surface area contributed by atoms with Crippen LogP contribution in [0.15, 0.2) is 11.2 Å². The third-order valence-electron chi connectivity index (χ3n) is 6.98. The lowest BCUT2D eigenvalue weighted by atomic mass is 9.65. The number of carbonyl (C=O) groups is 2. The molecule has 1 aliphatic rings. The molecular formula is C23H39N3O3S. The maximum atomic E-state index is 13.5. The van der Waals surface area contributed by atoms with Gasteiger partial charge in [-0.05, 0) is 63.4 Å². The number of hydrogen-bond donors (Lipinski definition) is 0. The molecule has 2 rings (SSSR count). The van der Waals surface area contributed by atoms with Gasteiger partial charge < -0.3 is 0 Å². The molecule has 2 amide bonds. The van der Waals surface area contributed by atoms with E-state index in [0.717, 1.165) is 29.5 Å². The van der Waals surface area contributed by atoms with E-state index in [1.807, 2.05) is 20.8 Å². The number of unbranched alkanes of at least 4 members (excludes halogenated alkanes) is 1. The first-order valence-electron chi connectivity index (χ1n) is 10.9. The fourth-order valence-corrected chi connectivity index (χ4v) is 5.21. The molecule has 0 radical (unpaired) electrons. The average molecular weight is 438 g/mol. The van der Waals surface area contributed by atoms with Crippen LogP contribution in [0.3, 0.4) is 0 Å². The maximum absolute atomic E-state index is 13.5. The van der Waals surface area contributed by atoms with Gasteiger partial charge >= 0.3 is 0 Å². The molecule has 1 aromatic heterocycles. The van der Waals surface area contributed by atoms with E-state index in [9.17, 15) is 9.59 Å². The second-order valence-corrected chi connectivity index (χ2v) is 11.2. The summed E-state index contributed by atoms with van der Waals surface area (Å²) in [5.74, 6) is -0.470. The van der Waals surface area contributed by atoms with E-state index in [1.165, 1.54) is 12.2 Å². The van der Waals surface area contributed by atoms with Gasteiger partial charge in [-0.3, -0.25) is 18.4 Å². The van der Waals surface area contributed by atoms with Crippen molar-refractivity contribution in [3.05, 3.63) is 16.4 Å². The molecule has 2 unspecified atom stereocenters.